The minimum atomic E-state index is -0.538. The number of methoxy groups -OCH3 is 1. The third kappa shape index (κ3) is 3.04. The Labute approximate surface area is 133 Å². The van der Waals surface area contributed by atoms with E-state index >= 15 is 0 Å². The summed E-state index contributed by atoms with van der Waals surface area (Å²) in [6.07, 6.45) is 5.26. The number of fused-ring (bicyclic) bond motifs is 1. The van der Waals surface area contributed by atoms with Crippen molar-refractivity contribution in [3.63, 3.8) is 0 Å². The van der Waals surface area contributed by atoms with Crippen LogP contribution in [0, 0.1) is 29.0 Å². The molecule has 0 bridgehead atoms. The van der Waals surface area contributed by atoms with Gasteiger partial charge in [-0.25, -0.2) is 9.37 Å². The van der Waals surface area contributed by atoms with Crippen molar-refractivity contribution in [2.75, 3.05) is 7.11 Å². The van der Waals surface area contributed by atoms with Crippen molar-refractivity contribution in [3.8, 4) is 6.07 Å². The van der Waals surface area contributed by atoms with Gasteiger partial charge < -0.3 is 9.30 Å². The number of ether oxygens (including phenoxy) is 1. The summed E-state index contributed by atoms with van der Waals surface area (Å²) >= 11 is 0. The molecule has 1 aromatic carbocycles. The summed E-state index contributed by atoms with van der Waals surface area (Å²) in [4.78, 5) is 15.8. The molecule has 1 aliphatic carbocycles. The molecule has 0 spiro atoms. The molecule has 1 fully saturated rings. The Morgan fingerprint density at radius 1 is 1.43 bits per heavy atom. The van der Waals surface area contributed by atoms with Gasteiger partial charge in [-0.05, 0) is 37.7 Å². The van der Waals surface area contributed by atoms with Crippen LogP contribution in [0.25, 0.3) is 11.0 Å². The molecule has 0 atom stereocenters. The predicted octanol–water partition coefficient (Wildman–Crippen LogP) is 3.03. The first kappa shape index (κ1) is 15.5. The van der Waals surface area contributed by atoms with Crippen molar-refractivity contribution in [1.82, 2.24) is 9.55 Å². The molecule has 0 unspecified atom stereocenters. The van der Waals surface area contributed by atoms with Gasteiger partial charge in [0.05, 0.1) is 36.0 Å². The highest BCUT2D eigenvalue weighted by atomic mass is 19.1. The maximum atomic E-state index is 13.6. The first-order valence-electron chi connectivity index (χ1n) is 7.74. The maximum Gasteiger partial charge on any atom is 0.308 e. The van der Waals surface area contributed by atoms with Crippen LogP contribution in [0.2, 0.25) is 0 Å². The maximum absolute atomic E-state index is 13.6. The SMILES string of the molecule is COC(=O)[C@H]1CC[C@H](Cn2cnc3cc(F)c(C#N)cc32)CC1. The number of rotatable bonds is 3. The number of halogens is 1. The van der Waals surface area contributed by atoms with E-state index in [4.69, 9.17) is 10.00 Å². The Bertz CT molecular complexity index is 770. The molecule has 0 amide bonds. The fourth-order valence-electron chi connectivity index (χ4n) is 3.34. The molecule has 1 saturated carbocycles. The van der Waals surface area contributed by atoms with Crippen molar-refractivity contribution in [1.29, 1.82) is 5.26 Å². The summed E-state index contributed by atoms with van der Waals surface area (Å²) in [5.74, 6) is -0.200. The van der Waals surface area contributed by atoms with Crippen LogP contribution in [0.4, 0.5) is 4.39 Å². The lowest BCUT2D eigenvalue weighted by molar-refractivity contribution is -0.146. The smallest absolute Gasteiger partial charge is 0.308 e. The molecule has 120 valence electrons. The second-order valence-corrected chi connectivity index (χ2v) is 6.07. The zero-order valence-corrected chi connectivity index (χ0v) is 13.0. The molecule has 3 rings (SSSR count). The van der Waals surface area contributed by atoms with Crippen LogP contribution in [0.15, 0.2) is 18.5 Å². The summed E-state index contributed by atoms with van der Waals surface area (Å²) in [6.45, 7) is 0.765. The molecule has 1 heterocycles. The van der Waals surface area contributed by atoms with E-state index in [-0.39, 0.29) is 17.5 Å². The molecule has 0 radical (unpaired) electrons. The summed E-state index contributed by atoms with van der Waals surface area (Å²) in [5, 5.41) is 8.97. The Morgan fingerprint density at radius 3 is 2.83 bits per heavy atom. The van der Waals surface area contributed by atoms with Gasteiger partial charge >= 0.3 is 5.97 Å². The van der Waals surface area contributed by atoms with Crippen LogP contribution in [0.3, 0.4) is 0 Å². The molecular weight excluding hydrogens is 297 g/mol. The van der Waals surface area contributed by atoms with Crippen molar-refractivity contribution >= 4 is 17.0 Å². The quantitative estimate of drug-likeness (QED) is 0.817. The van der Waals surface area contributed by atoms with E-state index in [9.17, 15) is 9.18 Å². The Hall–Kier alpha value is -2.42. The molecule has 2 aromatic rings. The normalized spacial score (nSPS) is 21.1. The molecular formula is C17H18FN3O2. The number of esters is 1. The highest BCUT2D eigenvalue weighted by Gasteiger charge is 2.27. The first-order chi connectivity index (χ1) is 11.1. The van der Waals surface area contributed by atoms with Gasteiger partial charge in [-0.3, -0.25) is 4.79 Å². The number of hydrogen-bond donors (Lipinski definition) is 0. The Morgan fingerprint density at radius 2 is 2.17 bits per heavy atom. The van der Waals surface area contributed by atoms with E-state index in [1.165, 1.54) is 13.2 Å². The lowest BCUT2D eigenvalue weighted by atomic mass is 9.82. The second-order valence-electron chi connectivity index (χ2n) is 6.07. The number of aromatic nitrogens is 2. The van der Waals surface area contributed by atoms with Crippen LogP contribution < -0.4 is 0 Å². The minimum absolute atomic E-state index is 0.00932. The van der Waals surface area contributed by atoms with Gasteiger partial charge in [-0.15, -0.1) is 0 Å². The topological polar surface area (TPSA) is 67.9 Å². The van der Waals surface area contributed by atoms with Gasteiger partial charge in [0.25, 0.3) is 0 Å². The van der Waals surface area contributed by atoms with E-state index in [1.807, 2.05) is 10.6 Å². The zero-order chi connectivity index (χ0) is 16.4. The number of nitriles is 1. The molecule has 1 aromatic heterocycles. The van der Waals surface area contributed by atoms with E-state index in [1.54, 1.807) is 12.4 Å². The Kier molecular flexibility index (Phi) is 4.28. The van der Waals surface area contributed by atoms with Crippen LogP contribution in [-0.4, -0.2) is 22.6 Å². The predicted molar refractivity (Wildman–Crippen MR) is 81.9 cm³/mol. The first-order valence-corrected chi connectivity index (χ1v) is 7.74. The Balaban J connectivity index is 1.73. The van der Waals surface area contributed by atoms with Crippen molar-refractivity contribution in [3.05, 3.63) is 29.8 Å². The van der Waals surface area contributed by atoms with Gasteiger partial charge in [0.15, 0.2) is 0 Å². The monoisotopic (exact) mass is 315 g/mol. The third-order valence-corrected chi connectivity index (χ3v) is 4.67. The minimum Gasteiger partial charge on any atom is -0.469 e. The number of benzene rings is 1. The van der Waals surface area contributed by atoms with Crippen molar-refractivity contribution in [2.24, 2.45) is 11.8 Å². The standard InChI is InChI=1S/C17H18FN3O2/c1-23-17(22)12-4-2-11(3-5-12)9-21-10-20-15-7-14(18)13(8-19)6-16(15)21/h6-7,10-12H,2-5,9H2,1H3/t11-,12-. The highest BCUT2D eigenvalue weighted by molar-refractivity contribution is 5.77. The van der Waals surface area contributed by atoms with Gasteiger partial charge in [0.2, 0.25) is 0 Å². The van der Waals surface area contributed by atoms with E-state index in [0.29, 0.717) is 11.4 Å². The number of hydrogen-bond acceptors (Lipinski definition) is 4. The fourth-order valence-corrected chi connectivity index (χ4v) is 3.34. The zero-order valence-electron chi connectivity index (χ0n) is 13.0. The summed E-state index contributed by atoms with van der Waals surface area (Å²) < 4.78 is 20.4. The molecule has 6 heteroatoms. The average molecular weight is 315 g/mol. The van der Waals surface area contributed by atoms with E-state index in [0.717, 1.165) is 37.7 Å². The van der Waals surface area contributed by atoms with Crippen LogP contribution in [0.5, 0.6) is 0 Å². The number of carbonyl (C=O) groups is 1. The molecule has 1 aliphatic rings. The van der Waals surface area contributed by atoms with Gasteiger partial charge in [0.1, 0.15) is 11.9 Å². The molecule has 0 saturated heterocycles. The number of carbonyl (C=O) groups excluding carboxylic acids is 1. The number of imidazole rings is 1. The van der Waals surface area contributed by atoms with E-state index < -0.39 is 5.82 Å². The van der Waals surface area contributed by atoms with Gasteiger partial charge in [-0.1, -0.05) is 0 Å². The molecule has 0 aliphatic heterocycles. The molecule has 23 heavy (non-hydrogen) atoms. The van der Waals surface area contributed by atoms with E-state index in [2.05, 4.69) is 4.98 Å². The second kappa shape index (κ2) is 6.37. The largest absolute Gasteiger partial charge is 0.469 e. The van der Waals surface area contributed by atoms with Gasteiger partial charge in [0, 0.05) is 12.6 Å². The molecule has 5 nitrogen and oxygen atoms in total. The summed E-state index contributed by atoms with van der Waals surface area (Å²) in [6, 6.07) is 4.72. The lowest BCUT2D eigenvalue weighted by Gasteiger charge is -2.27. The average Bonchev–Trinajstić information content (AvgIpc) is 2.95. The van der Waals surface area contributed by atoms with Crippen molar-refractivity contribution in [2.45, 2.75) is 32.2 Å². The highest BCUT2D eigenvalue weighted by Crippen LogP contribution is 2.31. The lowest BCUT2D eigenvalue weighted by Crippen LogP contribution is -2.24. The number of nitrogens with zero attached hydrogens (tertiary/aromatic N) is 3. The van der Waals surface area contributed by atoms with Crippen LogP contribution in [-0.2, 0) is 16.1 Å². The van der Waals surface area contributed by atoms with Crippen molar-refractivity contribution < 1.29 is 13.9 Å². The van der Waals surface area contributed by atoms with Crippen LogP contribution in [0.1, 0.15) is 31.2 Å². The van der Waals surface area contributed by atoms with Crippen LogP contribution >= 0.6 is 0 Å². The van der Waals surface area contributed by atoms with Gasteiger partial charge in [-0.2, -0.15) is 5.26 Å². The molecule has 0 N–H and O–H groups in total. The summed E-state index contributed by atoms with van der Waals surface area (Å²) in [7, 11) is 1.43. The fraction of sp³-hybridized carbons (Fsp3) is 0.471. The summed E-state index contributed by atoms with van der Waals surface area (Å²) in [5.41, 5.74) is 1.37. The third-order valence-electron chi connectivity index (χ3n) is 4.67.